The monoisotopic (exact) mass is 280 g/mol. The van der Waals surface area contributed by atoms with Gasteiger partial charge >= 0.3 is 0 Å². The van der Waals surface area contributed by atoms with E-state index < -0.39 is 0 Å². The van der Waals surface area contributed by atoms with Gasteiger partial charge < -0.3 is 5.73 Å². The molecule has 0 fully saturated rings. The molecule has 94 valence electrons. The number of rotatable bonds is 4. The second-order valence-electron chi connectivity index (χ2n) is 4.10. The Balaban J connectivity index is 2.26. The van der Waals surface area contributed by atoms with Gasteiger partial charge in [0.25, 0.3) is 0 Å². The molecule has 0 radical (unpaired) electrons. The highest BCUT2D eigenvalue weighted by molar-refractivity contribution is 6.42. The van der Waals surface area contributed by atoms with Crippen molar-refractivity contribution in [2.24, 2.45) is 5.73 Å². The van der Waals surface area contributed by atoms with Crippen molar-refractivity contribution in [1.29, 1.82) is 0 Å². The van der Waals surface area contributed by atoms with Crippen LogP contribution in [0.15, 0.2) is 42.6 Å². The lowest BCUT2D eigenvalue weighted by molar-refractivity contribution is 0.682. The molecule has 4 heteroatoms. The third kappa shape index (κ3) is 3.02. The molecule has 1 heterocycles. The molecule has 0 spiro atoms. The Morgan fingerprint density at radius 1 is 1.11 bits per heavy atom. The van der Waals surface area contributed by atoms with Gasteiger partial charge in [0.05, 0.1) is 10.0 Å². The lowest BCUT2D eigenvalue weighted by Gasteiger charge is -2.16. The smallest absolute Gasteiger partial charge is 0.0627 e. The normalized spacial score (nSPS) is 12.4. The molecular formula is C14H14Cl2N2. The van der Waals surface area contributed by atoms with Crippen LogP contribution < -0.4 is 5.73 Å². The summed E-state index contributed by atoms with van der Waals surface area (Å²) in [6.07, 6.45) is 2.54. The Labute approximate surface area is 117 Å². The molecule has 0 bridgehead atoms. The molecule has 0 saturated heterocycles. The van der Waals surface area contributed by atoms with E-state index in [0.29, 0.717) is 16.6 Å². The minimum Gasteiger partial charge on any atom is -0.330 e. The topological polar surface area (TPSA) is 38.9 Å². The second kappa shape index (κ2) is 6.19. The fourth-order valence-corrected chi connectivity index (χ4v) is 2.39. The summed E-state index contributed by atoms with van der Waals surface area (Å²) in [5.41, 5.74) is 7.83. The molecule has 0 aliphatic heterocycles. The maximum absolute atomic E-state index is 6.23. The Morgan fingerprint density at radius 3 is 2.61 bits per heavy atom. The van der Waals surface area contributed by atoms with Crippen LogP contribution in [-0.4, -0.2) is 11.5 Å². The molecule has 1 atom stereocenters. The maximum Gasteiger partial charge on any atom is 0.0627 e. The number of hydrogen-bond donors (Lipinski definition) is 1. The maximum atomic E-state index is 6.23. The third-order valence-corrected chi connectivity index (χ3v) is 3.72. The van der Waals surface area contributed by atoms with Crippen LogP contribution in [0.1, 0.15) is 17.2 Å². The first-order chi connectivity index (χ1) is 8.72. The standard InChI is InChI=1S/C14H14Cl2N2/c15-13-6-3-5-12(14(13)16)10(9-17)8-11-4-1-2-7-18-11/h1-7,10H,8-9,17H2. The van der Waals surface area contributed by atoms with Crippen LogP contribution in [0.5, 0.6) is 0 Å². The van der Waals surface area contributed by atoms with Crippen LogP contribution in [0.3, 0.4) is 0 Å². The zero-order valence-corrected chi connectivity index (χ0v) is 11.3. The quantitative estimate of drug-likeness (QED) is 0.928. The number of nitrogens with zero attached hydrogens (tertiary/aromatic N) is 1. The van der Waals surface area contributed by atoms with Crippen LogP contribution in [0.2, 0.25) is 10.0 Å². The van der Waals surface area contributed by atoms with Gasteiger partial charge in [0.2, 0.25) is 0 Å². The molecule has 2 N–H and O–H groups in total. The van der Waals surface area contributed by atoms with Crippen LogP contribution in [0.4, 0.5) is 0 Å². The van der Waals surface area contributed by atoms with Crippen molar-refractivity contribution >= 4 is 23.2 Å². The van der Waals surface area contributed by atoms with Crippen molar-refractivity contribution in [1.82, 2.24) is 4.98 Å². The van der Waals surface area contributed by atoms with Gasteiger partial charge in [-0.2, -0.15) is 0 Å². The molecule has 2 aromatic rings. The predicted octanol–water partition coefficient (Wildman–Crippen LogP) is 3.67. The molecule has 0 amide bonds. The molecule has 2 rings (SSSR count). The average molecular weight is 281 g/mol. The first-order valence-electron chi connectivity index (χ1n) is 5.76. The van der Waals surface area contributed by atoms with E-state index in [1.807, 2.05) is 30.3 Å². The van der Waals surface area contributed by atoms with Crippen LogP contribution >= 0.6 is 23.2 Å². The third-order valence-electron chi connectivity index (χ3n) is 2.89. The summed E-state index contributed by atoms with van der Waals surface area (Å²) in [6, 6.07) is 11.5. The van der Waals surface area contributed by atoms with E-state index in [1.165, 1.54) is 0 Å². The predicted molar refractivity (Wildman–Crippen MR) is 76.2 cm³/mol. The highest BCUT2D eigenvalue weighted by atomic mass is 35.5. The van der Waals surface area contributed by atoms with Gasteiger partial charge in [-0.1, -0.05) is 41.4 Å². The Kier molecular flexibility index (Phi) is 4.59. The molecule has 18 heavy (non-hydrogen) atoms. The Morgan fingerprint density at radius 2 is 1.94 bits per heavy atom. The van der Waals surface area contributed by atoms with Gasteiger partial charge in [-0.15, -0.1) is 0 Å². The van der Waals surface area contributed by atoms with Crippen LogP contribution in [-0.2, 0) is 6.42 Å². The van der Waals surface area contributed by atoms with E-state index >= 15 is 0 Å². The first-order valence-corrected chi connectivity index (χ1v) is 6.52. The first kappa shape index (κ1) is 13.3. The largest absolute Gasteiger partial charge is 0.330 e. The van der Waals surface area contributed by atoms with Gasteiger partial charge in [-0.3, -0.25) is 4.98 Å². The van der Waals surface area contributed by atoms with Gasteiger partial charge in [-0.25, -0.2) is 0 Å². The second-order valence-corrected chi connectivity index (χ2v) is 4.89. The summed E-state index contributed by atoms with van der Waals surface area (Å²) < 4.78 is 0. The fourth-order valence-electron chi connectivity index (χ4n) is 1.93. The number of aromatic nitrogens is 1. The van der Waals surface area contributed by atoms with E-state index in [0.717, 1.165) is 17.7 Å². The summed E-state index contributed by atoms with van der Waals surface area (Å²) in [5, 5.41) is 1.15. The molecular weight excluding hydrogens is 267 g/mol. The van der Waals surface area contributed by atoms with Crippen molar-refractivity contribution in [3.8, 4) is 0 Å². The number of pyridine rings is 1. The summed E-state index contributed by atoms with van der Waals surface area (Å²) >= 11 is 12.3. The van der Waals surface area contributed by atoms with Crippen LogP contribution in [0, 0.1) is 0 Å². The molecule has 2 nitrogen and oxygen atoms in total. The summed E-state index contributed by atoms with van der Waals surface area (Å²) in [6.45, 7) is 0.511. The van der Waals surface area contributed by atoms with E-state index in [9.17, 15) is 0 Å². The highest BCUT2D eigenvalue weighted by Crippen LogP contribution is 2.31. The minimum atomic E-state index is 0.131. The van der Waals surface area contributed by atoms with Crippen molar-refractivity contribution < 1.29 is 0 Å². The van der Waals surface area contributed by atoms with Crippen molar-refractivity contribution in [2.75, 3.05) is 6.54 Å². The number of benzene rings is 1. The number of halogens is 2. The number of hydrogen-bond acceptors (Lipinski definition) is 2. The van der Waals surface area contributed by atoms with E-state index in [-0.39, 0.29) is 5.92 Å². The van der Waals surface area contributed by atoms with Gasteiger partial charge in [0.15, 0.2) is 0 Å². The van der Waals surface area contributed by atoms with E-state index in [4.69, 9.17) is 28.9 Å². The van der Waals surface area contributed by atoms with Gasteiger partial charge in [0.1, 0.15) is 0 Å². The lowest BCUT2D eigenvalue weighted by atomic mass is 9.94. The van der Waals surface area contributed by atoms with E-state index in [1.54, 1.807) is 12.3 Å². The van der Waals surface area contributed by atoms with Crippen molar-refractivity contribution in [3.05, 3.63) is 63.9 Å². The zero-order chi connectivity index (χ0) is 13.0. The molecule has 0 saturated carbocycles. The Bertz CT molecular complexity index is 514. The Hall–Kier alpha value is -1.09. The lowest BCUT2D eigenvalue weighted by Crippen LogP contribution is -2.16. The fraction of sp³-hybridized carbons (Fsp3) is 0.214. The molecule has 0 aliphatic carbocycles. The number of nitrogens with two attached hydrogens (primary N) is 1. The van der Waals surface area contributed by atoms with E-state index in [2.05, 4.69) is 4.98 Å². The SMILES string of the molecule is NCC(Cc1ccccn1)c1cccc(Cl)c1Cl. The molecule has 0 aliphatic rings. The average Bonchev–Trinajstić information content (AvgIpc) is 2.41. The zero-order valence-electron chi connectivity index (χ0n) is 9.81. The molecule has 1 unspecified atom stereocenters. The molecule has 1 aromatic heterocycles. The molecule has 1 aromatic carbocycles. The highest BCUT2D eigenvalue weighted by Gasteiger charge is 2.16. The van der Waals surface area contributed by atoms with Crippen molar-refractivity contribution in [2.45, 2.75) is 12.3 Å². The summed E-state index contributed by atoms with van der Waals surface area (Å²) in [7, 11) is 0. The van der Waals surface area contributed by atoms with Crippen molar-refractivity contribution in [3.63, 3.8) is 0 Å². The van der Waals surface area contributed by atoms with Gasteiger partial charge in [-0.05, 0) is 36.7 Å². The summed E-state index contributed by atoms with van der Waals surface area (Å²) in [5.74, 6) is 0.131. The van der Waals surface area contributed by atoms with Gasteiger partial charge in [0, 0.05) is 17.8 Å². The van der Waals surface area contributed by atoms with Crippen LogP contribution in [0.25, 0.3) is 0 Å². The summed E-state index contributed by atoms with van der Waals surface area (Å²) in [4.78, 5) is 4.31. The minimum absolute atomic E-state index is 0.131.